The average Bonchev–Trinajstić information content (AvgIpc) is 3.20. The predicted octanol–water partition coefficient (Wildman–Crippen LogP) is 6.63. The molecule has 0 N–H and O–H groups in total. The summed E-state index contributed by atoms with van der Waals surface area (Å²) < 4.78 is 34.3. The molecule has 25 heavy (non-hydrogen) atoms. The number of halogens is 2. The maximum atomic E-state index is 14.7. The lowest BCUT2D eigenvalue weighted by atomic mass is 9.84. The molecule has 0 bridgehead atoms. The third-order valence-corrected chi connectivity index (χ3v) is 6.04. The predicted molar refractivity (Wildman–Crippen MR) is 97.9 cm³/mol. The molecule has 2 saturated carbocycles. The minimum Gasteiger partial charge on any atom is -0.490 e. The van der Waals surface area contributed by atoms with Crippen molar-refractivity contribution in [2.75, 3.05) is 6.61 Å². The van der Waals surface area contributed by atoms with Crippen LogP contribution in [0.5, 0.6) is 5.75 Å². The van der Waals surface area contributed by atoms with Crippen LogP contribution in [0.2, 0.25) is 0 Å². The summed E-state index contributed by atoms with van der Waals surface area (Å²) in [7, 11) is 0. The van der Waals surface area contributed by atoms with Crippen LogP contribution < -0.4 is 4.74 Å². The fourth-order valence-corrected chi connectivity index (χ4v) is 4.86. The Labute approximate surface area is 150 Å². The fourth-order valence-electron chi connectivity index (χ4n) is 4.86. The summed E-state index contributed by atoms with van der Waals surface area (Å²) in [6.07, 6.45) is 12.2. The lowest BCUT2D eigenvalue weighted by Crippen LogP contribution is -2.13. The van der Waals surface area contributed by atoms with Gasteiger partial charge in [0.25, 0.3) is 0 Å². The summed E-state index contributed by atoms with van der Waals surface area (Å²) >= 11 is 0. The molecule has 0 aliphatic heterocycles. The molecule has 0 saturated heterocycles. The molecule has 0 amide bonds. The first kappa shape index (κ1) is 18.4. The van der Waals surface area contributed by atoms with Gasteiger partial charge in [0, 0.05) is 0 Å². The van der Waals surface area contributed by atoms with Crippen LogP contribution >= 0.6 is 0 Å². The van der Waals surface area contributed by atoms with E-state index in [1.165, 1.54) is 12.8 Å². The Kier molecular flexibility index (Phi) is 6.14. The van der Waals surface area contributed by atoms with E-state index in [1.807, 2.05) is 6.92 Å². The first-order valence-corrected chi connectivity index (χ1v) is 9.94. The molecule has 138 valence electrons. The zero-order valence-corrected chi connectivity index (χ0v) is 15.4. The van der Waals surface area contributed by atoms with E-state index in [9.17, 15) is 8.78 Å². The summed E-state index contributed by atoms with van der Waals surface area (Å²) in [5, 5.41) is 0. The van der Waals surface area contributed by atoms with Crippen molar-refractivity contribution in [3.63, 3.8) is 0 Å². The first-order chi connectivity index (χ1) is 12.2. The normalized spacial score (nSPS) is 28.6. The maximum absolute atomic E-state index is 14.7. The zero-order valence-electron chi connectivity index (χ0n) is 15.4. The monoisotopic (exact) mass is 348 g/mol. The summed E-state index contributed by atoms with van der Waals surface area (Å²) in [6.45, 7) is 4.56. The third-order valence-electron chi connectivity index (χ3n) is 6.04. The van der Waals surface area contributed by atoms with Crippen molar-refractivity contribution in [3.05, 3.63) is 41.5 Å². The van der Waals surface area contributed by atoms with Gasteiger partial charge >= 0.3 is 0 Å². The van der Waals surface area contributed by atoms with Gasteiger partial charge in [-0.05, 0) is 73.8 Å². The highest BCUT2D eigenvalue weighted by Crippen LogP contribution is 2.55. The van der Waals surface area contributed by atoms with E-state index < -0.39 is 11.6 Å². The molecule has 0 aromatic heterocycles. The highest BCUT2D eigenvalue weighted by atomic mass is 19.2. The molecule has 1 nitrogen and oxygen atoms in total. The van der Waals surface area contributed by atoms with Crippen molar-refractivity contribution in [1.29, 1.82) is 0 Å². The van der Waals surface area contributed by atoms with Crippen LogP contribution in [0.15, 0.2) is 24.3 Å². The molecule has 2 aliphatic rings. The minimum absolute atomic E-state index is 0.0458. The van der Waals surface area contributed by atoms with Gasteiger partial charge in [-0.15, -0.1) is 0 Å². The van der Waals surface area contributed by atoms with Crippen molar-refractivity contribution in [1.82, 2.24) is 0 Å². The second kappa shape index (κ2) is 8.33. The number of unbranched alkanes of at least 4 members (excludes halogenated alkanes) is 1. The van der Waals surface area contributed by atoms with E-state index in [1.54, 1.807) is 12.1 Å². The van der Waals surface area contributed by atoms with Gasteiger partial charge in [-0.3, -0.25) is 0 Å². The highest BCUT2D eigenvalue weighted by Gasteiger charge is 2.45. The van der Waals surface area contributed by atoms with E-state index in [-0.39, 0.29) is 11.7 Å². The van der Waals surface area contributed by atoms with Crippen molar-refractivity contribution < 1.29 is 13.5 Å². The van der Waals surface area contributed by atoms with Gasteiger partial charge in [-0.1, -0.05) is 38.5 Å². The molecule has 1 aromatic carbocycles. The van der Waals surface area contributed by atoms with Gasteiger partial charge in [0.2, 0.25) is 5.82 Å². The van der Waals surface area contributed by atoms with Crippen LogP contribution in [-0.2, 0) is 0 Å². The number of rotatable bonds is 7. The molecule has 3 rings (SSSR count). The number of hydrogen-bond acceptors (Lipinski definition) is 1. The van der Waals surface area contributed by atoms with Crippen LogP contribution in [0.3, 0.4) is 0 Å². The Balaban J connectivity index is 1.74. The Morgan fingerprint density at radius 2 is 1.80 bits per heavy atom. The van der Waals surface area contributed by atoms with Gasteiger partial charge in [-0.2, -0.15) is 4.39 Å². The topological polar surface area (TPSA) is 9.23 Å². The van der Waals surface area contributed by atoms with E-state index >= 15 is 0 Å². The Hall–Kier alpha value is -1.38. The van der Waals surface area contributed by atoms with Gasteiger partial charge in [0.05, 0.1) is 6.61 Å². The van der Waals surface area contributed by atoms with Crippen LogP contribution in [-0.4, -0.2) is 6.61 Å². The molecule has 0 spiro atoms. The number of allylic oxidation sites excluding steroid dienone is 2. The van der Waals surface area contributed by atoms with Crippen molar-refractivity contribution in [2.45, 2.75) is 64.7 Å². The number of benzene rings is 1. The molecule has 2 aliphatic carbocycles. The second-order valence-corrected chi connectivity index (χ2v) is 7.60. The largest absolute Gasteiger partial charge is 0.490 e. The quantitative estimate of drug-likeness (QED) is 0.502. The molecule has 4 atom stereocenters. The summed E-state index contributed by atoms with van der Waals surface area (Å²) in [5.74, 6) is 0.454. The SMILES string of the molecule is CCC/C=C/C1CCC2C(c3ccc(OCCC)c(F)c3F)CCC12. The van der Waals surface area contributed by atoms with Crippen molar-refractivity contribution in [2.24, 2.45) is 17.8 Å². The minimum atomic E-state index is -0.813. The van der Waals surface area contributed by atoms with Crippen molar-refractivity contribution in [3.8, 4) is 5.75 Å². The van der Waals surface area contributed by atoms with E-state index in [4.69, 9.17) is 4.74 Å². The molecule has 3 heteroatoms. The average molecular weight is 348 g/mol. The third kappa shape index (κ3) is 3.75. The zero-order chi connectivity index (χ0) is 17.8. The molecular weight excluding hydrogens is 318 g/mol. The van der Waals surface area contributed by atoms with Gasteiger partial charge < -0.3 is 4.74 Å². The number of ether oxygens (including phenoxy) is 1. The molecule has 0 radical (unpaired) electrons. The standard InChI is InChI=1S/C22H30F2O/c1-3-5-6-7-15-8-9-17-16(15)10-11-18(17)19-12-13-20(25-14-4-2)22(24)21(19)23/h6-7,12-13,15-18H,3-5,8-11,14H2,1-2H3/b7-6+. The van der Waals surface area contributed by atoms with Gasteiger partial charge in [0.15, 0.2) is 11.6 Å². The van der Waals surface area contributed by atoms with E-state index in [2.05, 4.69) is 19.1 Å². The van der Waals surface area contributed by atoms with Crippen molar-refractivity contribution >= 4 is 0 Å². The molecule has 2 fully saturated rings. The van der Waals surface area contributed by atoms with Crippen LogP contribution in [0.4, 0.5) is 8.78 Å². The lowest BCUT2D eigenvalue weighted by molar-refractivity contribution is 0.293. The Morgan fingerprint density at radius 3 is 2.56 bits per heavy atom. The molecule has 1 aromatic rings. The Morgan fingerprint density at radius 1 is 1.00 bits per heavy atom. The first-order valence-electron chi connectivity index (χ1n) is 9.94. The number of fused-ring (bicyclic) bond motifs is 1. The molecular formula is C22H30F2O. The van der Waals surface area contributed by atoms with Gasteiger partial charge in [0.1, 0.15) is 0 Å². The highest BCUT2D eigenvalue weighted by molar-refractivity contribution is 5.34. The number of hydrogen-bond donors (Lipinski definition) is 0. The summed E-state index contributed by atoms with van der Waals surface area (Å²) in [6, 6.07) is 3.38. The smallest absolute Gasteiger partial charge is 0.200 e. The lowest BCUT2D eigenvalue weighted by Gasteiger charge is -2.21. The second-order valence-electron chi connectivity index (χ2n) is 7.60. The van der Waals surface area contributed by atoms with Gasteiger partial charge in [-0.25, -0.2) is 4.39 Å². The summed E-state index contributed by atoms with van der Waals surface area (Å²) in [4.78, 5) is 0. The maximum Gasteiger partial charge on any atom is 0.200 e. The van der Waals surface area contributed by atoms with Crippen LogP contribution in [0.1, 0.15) is 70.3 Å². The van der Waals surface area contributed by atoms with Crippen LogP contribution in [0.25, 0.3) is 0 Å². The molecule has 4 unspecified atom stereocenters. The van der Waals surface area contributed by atoms with E-state index in [0.29, 0.717) is 29.9 Å². The summed E-state index contributed by atoms with van der Waals surface area (Å²) in [5.41, 5.74) is 0.562. The van der Waals surface area contributed by atoms with Crippen LogP contribution in [0, 0.1) is 29.4 Å². The van der Waals surface area contributed by atoms with E-state index in [0.717, 1.165) is 32.1 Å². The molecule has 0 heterocycles. The fraction of sp³-hybridized carbons (Fsp3) is 0.636. The Bertz CT molecular complexity index is 610.